The van der Waals surface area contributed by atoms with E-state index in [0.29, 0.717) is 5.16 Å². The number of ether oxygens (including phenoxy) is 1. The average molecular weight is 426 g/mol. The number of rotatable bonds is 9. The van der Waals surface area contributed by atoms with Crippen LogP contribution in [0.25, 0.3) is 5.69 Å². The number of carbonyl (C=O) groups excluding carboxylic acids is 1. The normalized spacial score (nSPS) is 12.0. The quantitative estimate of drug-likeness (QED) is 0.525. The largest absolute Gasteiger partial charge is 0.497 e. The number of nitrogens with one attached hydrogen (secondary N) is 1. The van der Waals surface area contributed by atoms with Crippen LogP contribution in [0.3, 0.4) is 0 Å². The third-order valence-electron chi connectivity index (χ3n) is 4.82. The van der Waals surface area contributed by atoms with Gasteiger partial charge in [-0.3, -0.25) is 4.79 Å². The Balaban J connectivity index is 1.64. The first-order valence-electron chi connectivity index (χ1n) is 9.95. The van der Waals surface area contributed by atoms with Crippen LogP contribution in [0, 0.1) is 5.92 Å². The van der Waals surface area contributed by atoms with Gasteiger partial charge in [-0.1, -0.05) is 56.8 Å². The van der Waals surface area contributed by atoms with Crippen molar-refractivity contribution < 1.29 is 9.53 Å². The van der Waals surface area contributed by atoms with E-state index >= 15 is 0 Å². The second kappa shape index (κ2) is 10.2. The van der Waals surface area contributed by atoms with Crippen molar-refractivity contribution in [2.45, 2.75) is 38.4 Å². The van der Waals surface area contributed by atoms with E-state index in [4.69, 9.17) is 4.74 Å². The van der Waals surface area contributed by atoms with E-state index in [0.717, 1.165) is 23.4 Å². The molecule has 7 nitrogen and oxygen atoms in total. The molecule has 158 valence electrons. The third-order valence-corrected chi connectivity index (χ3v) is 5.74. The Labute approximate surface area is 181 Å². The highest BCUT2D eigenvalue weighted by atomic mass is 32.2. The van der Waals surface area contributed by atoms with E-state index < -0.39 is 0 Å². The standard InChI is InChI=1S/C22H27N5O2S/c1-5-16-6-8-17(9-7-16)21(15(2)3)23-20(28)14-30-22-24-25-26-27(22)18-10-12-19(29-4)13-11-18/h6-13,15,21H,5,14H2,1-4H3,(H,23,28)/t21-/m0/s1. The summed E-state index contributed by atoms with van der Waals surface area (Å²) >= 11 is 1.31. The van der Waals surface area contributed by atoms with Crippen LogP contribution in [-0.2, 0) is 11.2 Å². The zero-order valence-electron chi connectivity index (χ0n) is 17.7. The first kappa shape index (κ1) is 21.8. The lowest BCUT2D eigenvalue weighted by Gasteiger charge is -2.23. The molecule has 0 radical (unpaired) electrons. The van der Waals surface area contributed by atoms with Crippen molar-refractivity contribution in [3.63, 3.8) is 0 Å². The Kier molecular flexibility index (Phi) is 7.46. The molecule has 2 aromatic carbocycles. The Bertz CT molecular complexity index is 954. The molecule has 3 aromatic rings. The topological polar surface area (TPSA) is 81.9 Å². The fourth-order valence-corrected chi connectivity index (χ4v) is 3.80. The van der Waals surface area contributed by atoms with Crippen LogP contribution >= 0.6 is 11.8 Å². The SMILES string of the molecule is CCc1ccc([C@@H](NC(=O)CSc2nnnn2-c2ccc(OC)cc2)C(C)C)cc1. The molecule has 30 heavy (non-hydrogen) atoms. The lowest BCUT2D eigenvalue weighted by atomic mass is 9.95. The molecule has 0 aliphatic carbocycles. The van der Waals surface area contributed by atoms with Gasteiger partial charge >= 0.3 is 0 Å². The summed E-state index contributed by atoms with van der Waals surface area (Å²) < 4.78 is 6.79. The Morgan fingerprint density at radius 2 is 1.83 bits per heavy atom. The highest BCUT2D eigenvalue weighted by Crippen LogP contribution is 2.24. The van der Waals surface area contributed by atoms with E-state index in [1.54, 1.807) is 11.8 Å². The Morgan fingerprint density at radius 3 is 2.43 bits per heavy atom. The fraction of sp³-hybridized carbons (Fsp3) is 0.364. The predicted molar refractivity (Wildman–Crippen MR) is 118 cm³/mol. The van der Waals surface area contributed by atoms with Gasteiger partial charge in [0.1, 0.15) is 5.75 Å². The number of hydrogen-bond donors (Lipinski definition) is 1. The molecule has 1 heterocycles. The second-order valence-corrected chi connectivity index (χ2v) is 8.19. The summed E-state index contributed by atoms with van der Waals surface area (Å²) in [5, 5.41) is 15.6. The number of benzene rings is 2. The fourth-order valence-electron chi connectivity index (χ4n) is 3.10. The molecule has 0 spiro atoms. The molecular formula is C22H27N5O2S. The highest BCUT2D eigenvalue weighted by molar-refractivity contribution is 7.99. The summed E-state index contributed by atoms with van der Waals surface area (Å²) in [4.78, 5) is 12.7. The molecule has 0 fully saturated rings. The molecule has 3 rings (SSSR count). The maximum Gasteiger partial charge on any atom is 0.230 e. The monoisotopic (exact) mass is 425 g/mol. The van der Waals surface area contributed by atoms with Crippen molar-refractivity contribution in [1.29, 1.82) is 0 Å². The average Bonchev–Trinajstić information content (AvgIpc) is 3.24. The van der Waals surface area contributed by atoms with Gasteiger partial charge in [-0.15, -0.1) is 5.10 Å². The molecule has 8 heteroatoms. The summed E-state index contributed by atoms with van der Waals surface area (Å²) in [6.45, 7) is 6.35. The van der Waals surface area contributed by atoms with Crippen LogP contribution in [-0.4, -0.2) is 39.0 Å². The van der Waals surface area contributed by atoms with Crippen LogP contribution in [0.1, 0.15) is 37.9 Å². The zero-order valence-corrected chi connectivity index (χ0v) is 18.5. The summed E-state index contributed by atoms with van der Waals surface area (Å²) in [5.41, 5.74) is 3.21. The van der Waals surface area contributed by atoms with Crippen LogP contribution < -0.4 is 10.1 Å². The van der Waals surface area contributed by atoms with E-state index in [2.05, 4.69) is 65.9 Å². The predicted octanol–water partition coefficient (Wildman–Crippen LogP) is 3.84. The number of tetrazole rings is 1. The molecule has 1 amide bonds. The lowest BCUT2D eigenvalue weighted by Crippen LogP contribution is -2.33. The van der Waals surface area contributed by atoms with Crippen molar-refractivity contribution in [1.82, 2.24) is 25.5 Å². The maximum absolute atomic E-state index is 12.7. The number of thioether (sulfide) groups is 1. The van der Waals surface area contributed by atoms with Gasteiger partial charge in [0.15, 0.2) is 0 Å². The molecular weight excluding hydrogens is 398 g/mol. The van der Waals surface area contributed by atoms with Gasteiger partial charge in [0, 0.05) is 0 Å². The minimum absolute atomic E-state index is 0.0402. The first-order chi connectivity index (χ1) is 14.5. The molecule has 0 saturated heterocycles. The molecule has 0 unspecified atom stereocenters. The third kappa shape index (κ3) is 5.38. The molecule has 0 saturated carbocycles. The lowest BCUT2D eigenvalue weighted by molar-refractivity contribution is -0.119. The zero-order chi connectivity index (χ0) is 21.5. The van der Waals surface area contributed by atoms with Gasteiger partial charge < -0.3 is 10.1 Å². The van der Waals surface area contributed by atoms with E-state index in [-0.39, 0.29) is 23.6 Å². The van der Waals surface area contributed by atoms with Crippen molar-refractivity contribution in [3.05, 3.63) is 59.7 Å². The Hall–Kier alpha value is -2.87. The number of methoxy groups -OCH3 is 1. The Morgan fingerprint density at radius 1 is 1.13 bits per heavy atom. The van der Waals surface area contributed by atoms with Crippen LogP contribution in [0.2, 0.25) is 0 Å². The van der Waals surface area contributed by atoms with Crippen molar-refractivity contribution >= 4 is 17.7 Å². The van der Waals surface area contributed by atoms with Crippen molar-refractivity contribution in [2.75, 3.05) is 12.9 Å². The van der Waals surface area contributed by atoms with Gasteiger partial charge in [-0.2, -0.15) is 4.68 Å². The first-order valence-corrected chi connectivity index (χ1v) is 10.9. The summed E-state index contributed by atoms with van der Waals surface area (Å²) in [7, 11) is 1.62. The summed E-state index contributed by atoms with van der Waals surface area (Å²) in [6.07, 6.45) is 0.999. The van der Waals surface area contributed by atoms with E-state index in [9.17, 15) is 4.79 Å². The summed E-state index contributed by atoms with van der Waals surface area (Å²) in [5.74, 6) is 1.21. The minimum Gasteiger partial charge on any atom is -0.497 e. The number of carbonyl (C=O) groups is 1. The van der Waals surface area contributed by atoms with Gasteiger partial charge in [-0.25, -0.2) is 0 Å². The highest BCUT2D eigenvalue weighted by Gasteiger charge is 2.19. The minimum atomic E-state index is -0.0532. The number of hydrogen-bond acceptors (Lipinski definition) is 6. The number of amides is 1. The summed E-state index contributed by atoms with van der Waals surface area (Å²) in [6, 6.07) is 15.8. The van der Waals surface area contributed by atoms with E-state index in [1.807, 2.05) is 24.3 Å². The molecule has 1 aromatic heterocycles. The number of nitrogens with zero attached hydrogens (tertiary/aromatic N) is 4. The molecule has 0 aliphatic rings. The van der Waals surface area contributed by atoms with E-state index in [1.165, 1.54) is 17.3 Å². The van der Waals surface area contributed by atoms with Crippen molar-refractivity contribution in [2.24, 2.45) is 5.92 Å². The van der Waals surface area contributed by atoms with Crippen LogP contribution in [0.15, 0.2) is 53.7 Å². The second-order valence-electron chi connectivity index (χ2n) is 7.24. The van der Waals surface area contributed by atoms with Crippen LogP contribution in [0.5, 0.6) is 5.75 Å². The number of aryl methyl sites for hydroxylation is 1. The van der Waals surface area contributed by atoms with Gasteiger partial charge in [0.05, 0.1) is 24.6 Å². The maximum atomic E-state index is 12.7. The number of aromatic nitrogens is 4. The molecule has 0 aliphatic heterocycles. The van der Waals surface area contributed by atoms with Gasteiger partial charge in [0.25, 0.3) is 0 Å². The van der Waals surface area contributed by atoms with Gasteiger partial charge in [-0.05, 0) is 58.2 Å². The van der Waals surface area contributed by atoms with Crippen molar-refractivity contribution in [3.8, 4) is 11.4 Å². The van der Waals surface area contributed by atoms with Crippen LogP contribution in [0.4, 0.5) is 0 Å². The molecule has 1 N–H and O–H groups in total. The molecule has 1 atom stereocenters. The van der Waals surface area contributed by atoms with Gasteiger partial charge in [0.2, 0.25) is 11.1 Å². The molecule has 0 bridgehead atoms. The smallest absolute Gasteiger partial charge is 0.230 e.